The number of hydrogen-bond donors (Lipinski definition) is 3. The first kappa shape index (κ1) is 14.8. The predicted octanol–water partition coefficient (Wildman–Crippen LogP) is -0.715. The molecule has 0 aromatic carbocycles. The Balaban J connectivity index is 2.25. The molecule has 1 rings (SSSR count). The third-order valence-electron chi connectivity index (χ3n) is 2.82. The van der Waals surface area contributed by atoms with Crippen molar-refractivity contribution in [2.24, 2.45) is 0 Å². The second-order valence-corrected chi connectivity index (χ2v) is 5.38. The molecule has 0 radical (unpaired) electrons. The molecule has 0 aliphatic carbocycles. The summed E-state index contributed by atoms with van der Waals surface area (Å²) in [7, 11) is 0. The number of rotatable bonds is 7. The Hall–Kier alpha value is -0.300. The van der Waals surface area contributed by atoms with E-state index < -0.39 is 0 Å². The van der Waals surface area contributed by atoms with Crippen LogP contribution in [0.15, 0.2) is 0 Å². The Labute approximate surface area is 107 Å². The number of carbonyl (C=O) groups excluding carboxylic acids is 1. The highest BCUT2D eigenvalue weighted by Gasteiger charge is 2.17. The van der Waals surface area contributed by atoms with Crippen LogP contribution >= 0.6 is 11.8 Å². The minimum Gasteiger partial charge on any atom is -0.395 e. The van der Waals surface area contributed by atoms with Crippen molar-refractivity contribution < 1.29 is 15.0 Å². The zero-order valence-electron chi connectivity index (χ0n) is 10.1. The average molecular weight is 262 g/mol. The zero-order chi connectivity index (χ0) is 12.5. The summed E-state index contributed by atoms with van der Waals surface area (Å²) >= 11 is 1.69. The third-order valence-corrected chi connectivity index (χ3v) is 4.18. The fraction of sp³-hybridized carbons (Fsp3) is 0.909. The Bertz CT molecular complexity index is 217. The van der Waals surface area contributed by atoms with E-state index >= 15 is 0 Å². The van der Waals surface area contributed by atoms with Crippen molar-refractivity contribution in [3.63, 3.8) is 0 Å². The zero-order valence-corrected chi connectivity index (χ0v) is 10.9. The Morgan fingerprint density at radius 2 is 1.82 bits per heavy atom. The summed E-state index contributed by atoms with van der Waals surface area (Å²) in [5.74, 6) is 0.460. The number of aliphatic hydroxyl groups is 2. The summed E-state index contributed by atoms with van der Waals surface area (Å²) < 4.78 is 0. The fourth-order valence-electron chi connectivity index (χ4n) is 1.85. The molecule has 0 spiro atoms. The van der Waals surface area contributed by atoms with Crippen LogP contribution in [0.1, 0.15) is 12.8 Å². The van der Waals surface area contributed by atoms with E-state index in [1.54, 1.807) is 11.8 Å². The molecule has 1 saturated heterocycles. The molecule has 17 heavy (non-hydrogen) atoms. The van der Waals surface area contributed by atoms with Gasteiger partial charge in [-0.2, -0.15) is 0 Å². The van der Waals surface area contributed by atoms with Gasteiger partial charge >= 0.3 is 0 Å². The molecule has 0 saturated carbocycles. The molecule has 0 unspecified atom stereocenters. The molecule has 5 nitrogen and oxygen atoms in total. The quantitative estimate of drug-likeness (QED) is 0.565. The first-order chi connectivity index (χ1) is 8.27. The number of nitrogens with zero attached hydrogens (tertiary/aromatic N) is 1. The number of aliphatic hydroxyl groups excluding tert-OH is 2. The van der Waals surface area contributed by atoms with Crippen molar-refractivity contribution in [3.8, 4) is 0 Å². The number of amides is 1. The molecular weight excluding hydrogens is 240 g/mol. The van der Waals surface area contributed by atoms with Crippen LogP contribution in [0.3, 0.4) is 0 Å². The predicted molar refractivity (Wildman–Crippen MR) is 69.1 cm³/mol. The number of hydrogen-bond acceptors (Lipinski definition) is 5. The summed E-state index contributed by atoms with van der Waals surface area (Å²) in [5, 5.41) is 21.5. The van der Waals surface area contributed by atoms with Crippen molar-refractivity contribution in [3.05, 3.63) is 0 Å². The smallest absolute Gasteiger partial charge is 0.232 e. The highest BCUT2D eigenvalue weighted by molar-refractivity contribution is 8.00. The maximum absolute atomic E-state index is 11.8. The lowest BCUT2D eigenvalue weighted by Gasteiger charge is -2.24. The van der Waals surface area contributed by atoms with Gasteiger partial charge in [0.2, 0.25) is 5.91 Å². The summed E-state index contributed by atoms with van der Waals surface area (Å²) in [6.45, 7) is 2.58. The maximum atomic E-state index is 11.8. The molecule has 100 valence electrons. The number of piperidine rings is 1. The van der Waals surface area contributed by atoms with E-state index in [0.717, 1.165) is 25.9 Å². The van der Waals surface area contributed by atoms with Gasteiger partial charge < -0.3 is 20.4 Å². The van der Waals surface area contributed by atoms with Crippen LogP contribution in [0.25, 0.3) is 0 Å². The Morgan fingerprint density at radius 3 is 2.35 bits per heavy atom. The van der Waals surface area contributed by atoms with Gasteiger partial charge in [0.05, 0.1) is 19.0 Å². The molecular formula is C11H22N2O3S. The summed E-state index contributed by atoms with van der Waals surface area (Å²) in [4.78, 5) is 13.4. The van der Waals surface area contributed by atoms with Crippen LogP contribution in [-0.4, -0.2) is 71.4 Å². The topological polar surface area (TPSA) is 72.8 Å². The first-order valence-corrected chi connectivity index (χ1v) is 7.14. The molecule has 0 bridgehead atoms. The van der Waals surface area contributed by atoms with Crippen molar-refractivity contribution in [2.45, 2.75) is 18.1 Å². The van der Waals surface area contributed by atoms with Crippen LogP contribution in [-0.2, 0) is 4.79 Å². The summed E-state index contributed by atoms with van der Waals surface area (Å²) in [5.41, 5.74) is 0. The standard InChI is InChI=1S/C11H22N2O3S/c14-7-5-13(6-8-15)11(16)9-17-10-1-3-12-4-2-10/h10,12,14-15H,1-9H2. The number of carbonyl (C=O) groups is 1. The third kappa shape index (κ3) is 5.72. The van der Waals surface area contributed by atoms with Gasteiger partial charge in [0.25, 0.3) is 0 Å². The molecule has 1 aliphatic rings. The highest BCUT2D eigenvalue weighted by atomic mass is 32.2. The van der Waals surface area contributed by atoms with E-state index in [1.807, 2.05) is 0 Å². The van der Waals surface area contributed by atoms with Gasteiger partial charge in [-0.25, -0.2) is 0 Å². The lowest BCUT2D eigenvalue weighted by atomic mass is 10.2. The normalized spacial score (nSPS) is 17.1. The monoisotopic (exact) mass is 262 g/mol. The Morgan fingerprint density at radius 1 is 1.24 bits per heavy atom. The van der Waals surface area contributed by atoms with Gasteiger partial charge in [-0.05, 0) is 25.9 Å². The summed E-state index contributed by atoms with van der Waals surface area (Å²) in [6.07, 6.45) is 2.22. The molecule has 1 amide bonds. The molecule has 6 heteroatoms. The van der Waals surface area contributed by atoms with E-state index in [9.17, 15) is 4.79 Å². The molecule has 3 N–H and O–H groups in total. The van der Waals surface area contributed by atoms with Crippen molar-refractivity contribution in [1.82, 2.24) is 10.2 Å². The van der Waals surface area contributed by atoms with Gasteiger partial charge in [0.1, 0.15) is 0 Å². The molecule has 1 heterocycles. The molecule has 0 aromatic heterocycles. The largest absolute Gasteiger partial charge is 0.395 e. The summed E-state index contributed by atoms with van der Waals surface area (Å²) in [6, 6.07) is 0. The average Bonchev–Trinajstić information content (AvgIpc) is 2.37. The minimum absolute atomic E-state index is 0.0108. The lowest BCUT2D eigenvalue weighted by Crippen LogP contribution is -2.38. The van der Waals surface area contributed by atoms with Crippen molar-refractivity contribution in [2.75, 3.05) is 45.1 Å². The van der Waals surface area contributed by atoms with Crippen LogP contribution in [0.4, 0.5) is 0 Å². The Kier molecular flexibility index (Phi) is 7.59. The van der Waals surface area contributed by atoms with Gasteiger partial charge in [-0.15, -0.1) is 11.8 Å². The number of thioether (sulfide) groups is 1. The minimum atomic E-state index is -0.0518. The van der Waals surface area contributed by atoms with Crippen LogP contribution in [0, 0.1) is 0 Å². The van der Waals surface area contributed by atoms with Crippen LogP contribution in [0.2, 0.25) is 0 Å². The van der Waals surface area contributed by atoms with Crippen molar-refractivity contribution >= 4 is 17.7 Å². The molecule has 1 fully saturated rings. The highest BCUT2D eigenvalue weighted by Crippen LogP contribution is 2.20. The van der Waals surface area contributed by atoms with Gasteiger partial charge in [0, 0.05) is 18.3 Å². The number of nitrogens with one attached hydrogen (secondary N) is 1. The van der Waals surface area contributed by atoms with E-state index in [-0.39, 0.29) is 19.1 Å². The second kappa shape index (κ2) is 8.74. The fourth-order valence-corrected chi connectivity index (χ4v) is 2.98. The molecule has 0 aromatic rings. The van der Waals surface area contributed by atoms with Gasteiger partial charge in [-0.1, -0.05) is 0 Å². The second-order valence-electron chi connectivity index (χ2n) is 4.09. The SMILES string of the molecule is O=C(CSC1CCNCC1)N(CCO)CCO. The lowest BCUT2D eigenvalue weighted by molar-refractivity contribution is -0.129. The van der Waals surface area contributed by atoms with E-state index in [2.05, 4.69) is 5.32 Å². The van der Waals surface area contributed by atoms with E-state index in [4.69, 9.17) is 10.2 Å². The van der Waals surface area contributed by atoms with Gasteiger partial charge in [0.15, 0.2) is 0 Å². The van der Waals surface area contributed by atoms with E-state index in [1.165, 1.54) is 4.90 Å². The molecule has 1 aliphatic heterocycles. The van der Waals surface area contributed by atoms with E-state index in [0.29, 0.717) is 24.1 Å². The van der Waals surface area contributed by atoms with Crippen LogP contribution in [0.5, 0.6) is 0 Å². The molecule has 0 atom stereocenters. The van der Waals surface area contributed by atoms with Gasteiger partial charge in [-0.3, -0.25) is 4.79 Å². The van der Waals surface area contributed by atoms with Crippen LogP contribution < -0.4 is 5.32 Å². The maximum Gasteiger partial charge on any atom is 0.232 e. The first-order valence-electron chi connectivity index (χ1n) is 6.09. The van der Waals surface area contributed by atoms with Crippen molar-refractivity contribution in [1.29, 1.82) is 0 Å².